The molecule has 0 N–H and O–H groups in total. The SMILES string of the molecule is ICCCc1ccsc1. The minimum Gasteiger partial charge on any atom is -0.152 e. The van der Waals surface area contributed by atoms with E-state index in [4.69, 9.17) is 0 Å². The predicted octanol–water partition coefficient (Wildman–Crippen LogP) is 3.12. The van der Waals surface area contributed by atoms with E-state index in [9.17, 15) is 0 Å². The van der Waals surface area contributed by atoms with Gasteiger partial charge in [-0.2, -0.15) is 11.3 Å². The second kappa shape index (κ2) is 4.28. The fourth-order valence-corrected chi connectivity index (χ4v) is 1.79. The van der Waals surface area contributed by atoms with Gasteiger partial charge in [0.05, 0.1) is 0 Å². The summed E-state index contributed by atoms with van der Waals surface area (Å²) in [7, 11) is 0. The van der Waals surface area contributed by atoms with Crippen LogP contribution in [-0.2, 0) is 6.42 Å². The molecule has 50 valence electrons. The Kier molecular flexibility index (Phi) is 3.58. The molecule has 0 aliphatic rings. The zero-order valence-electron chi connectivity index (χ0n) is 5.14. The van der Waals surface area contributed by atoms with Crippen molar-refractivity contribution in [1.82, 2.24) is 0 Å². The van der Waals surface area contributed by atoms with Gasteiger partial charge in [0.15, 0.2) is 0 Å². The molecule has 0 aliphatic heterocycles. The van der Waals surface area contributed by atoms with Crippen molar-refractivity contribution in [3.05, 3.63) is 22.4 Å². The third-order valence-corrected chi connectivity index (χ3v) is 2.67. The molecule has 0 radical (unpaired) electrons. The van der Waals surface area contributed by atoms with E-state index in [0.717, 1.165) is 0 Å². The van der Waals surface area contributed by atoms with E-state index in [1.165, 1.54) is 22.8 Å². The maximum atomic E-state index is 2.42. The summed E-state index contributed by atoms with van der Waals surface area (Å²) in [6, 6.07) is 2.21. The van der Waals surface area contributed by atoms with E-state index in [1.807, 2.05) is 0 Å². The maximum Gasteiger partial charge on any atom is -0.000156 e. The lowest BCUT2D eigenvalue weighted by atomic mass is 10.2. The van der Waals surface area contributed by atoms with Crippen LogP contribution in [0.3, 0.4) is 0 Å². The second-order valence-corrected chi connectivity index (χ2v) is 3.78. The quantitative estimate of drug-likeness (QED) is 0.572. The fourth-order valence-electron chi connectivity index (χ4n) is 0.706. The summed E-state index contributed by atoms with van der Waals surface area (Å²) < 4.78 is 1.27. The predicted molar refractivity (Wildman–Crippen MR) is 51.5 cm³/mol. The van der Waals surface area contributed by atoms with Gasteiger partial charge in [-0.15, -0.1) is 0 Å². The van der Waals surface area contributed by atoms with Gasteiger partial charge in [0.2, 0.25) is 0 Å². The van der Waals surface area contributed by atoms with Crippen molar-refractivity contribution in [2.45, 2.75) is 12.8 Å². The summed E-state index contributed by atoms with van der Waals surface area (Å²) in [5.41, 5.74) is 1.50. The Morgan fingerprint density at radius 3 is 3.00 bits per heavy atom. The van der Waals surface area contributed by atoms with Crippen LogP contribution in [0.25, 0.3) is 0 Å². The van der Waals surface area contributed by atoms with Crippen LogP contribution in [-0.4, -0.2) is 4.43 Å². The topological polar surface area (TPSA) is 0 Å². The third-order valence-electron chi connectivity index (χ3n) is 1.18. The number of halogens is 1. The molecule has 9 heavy (non-hydrogen) atoms. The van der Waals surface area contributed by atoms with Gasteiger partial charge in [-0.1, -0.05) is 22.6 Å². The standard InChI is InChI=1S/C7H9IS/c8-4-1-2-7-3-5-9-6-7/h3,5-6H,1-2,4H2. The first-order chi connectivity index (χ1) is 4.43. The monoisotopic (exact) mass is 252 g/mol. The average Bonchev–Trinajstić information content (AvgIpc) is 2.34. The molecule has 1 heterocycles. The van der Waals surface area contributed by atoms with E-state index in [2.05, 4.69) is 39.4 Å². The smallest absolute Gasteiger partial charge is 0.000156 e. The maximum absolute atomic E-state index is 2.42. The van der Waals surface area contributed by atoms with Crippen molar-refractivity contribution in [1.29, 1.82) is 0 Å². The first-order valence-electron chi connectivity index (χ1n) is 3.00. The van der Waals surface area contributed by atoms with Crippen molar-refractivity contribution in [3.63, 3.8) is 0 Å². The molecule has 0 aromatic carbocycles. The fraction of sp³-hybridized carbons (Fsp3) is 0.429. The summed E-state index contributed by atoms with van der Waals surface area (Å²) in [5.74, 6) is 0. The van der Waals surface area contributed by atoms with E-state index >= 15 is 0 Å². The molecular weight excluding hydrogens is 243 g/mol. The number of alkyl halides is 1. The molecule has 0 spiro atoms. The lowest BCUT2D eigenvalue weighted by Crippen LogP contribution is -1.80. The van der Waals surface area contributed by atoms with E-state index in [0.29, 0.717) is 0 Å². The molecule has 1 rings (SSSR count). The first-order valence-corrected chi connectivity index (χ1v) is 5.47. The summed E-state index contributed by atoms with van der Waals surface area (Å²) in [6.07, 6.45) is 2.57. The molecule has 0 fully saturated rings. The molecular formula is C7H9IS. The van der Waals surface area contributed by atoms with Gasteiger partial charge in [-0.3, -0.25) is 0 Å². The van der Waals surface area contributed by atoms with E-state index in [-0.39, 0.29) is 0 Å². The van der Waals surface area contributed by atoms with Gasteiger partial charge in [0, 0.05) is 0 Å². The molecule has 0 bridgehead atoms. The van der Waals surface area contributed by atoms with Crippen LogP contribution in [0, 0.1) is 0 Å². The number of aryl methyl sites for hydroxylation is 1. The Balaban J connectivity index is 2.30. The van der Waals surface area contributed by atoms with Crippen LogP contribution in [0.4, 0.5) is 0 Å². The third kappa shape index (κ3) is 2.67. The zero-order valence-corrected chi connectivity index (χ0v) is 8.11. The summed E-state index contributed by atoms with van der Waals surface area (Å²) in [4.78, 5) is 0. The van der Waals surface area contributed by atoms with Crippen LogP contribution in [0.5, 0.6) is 0 Å². The summed E-state index contributed by atoms with van der Waals surface area (Å²) in [5, 5.41) is 4.37. The molecule has 0 saturated heterocycles. The average molecular weight is 252 g/mol. The Hall–Kier alpha value is 0.430. The van der Waals surface area contributed by atoms with Gasteiger partial charge in [0.1, 0.15) is 0 Å². The molecule has 0 amide bonds. The largest absolute Gasteiger partial charge is 0.152 e. The number of rotatable bonds is 3. The van der Waals surface area contributed by atoms with E-state index in [1.54, 1.807) is 11.3 Å². The number of thiophene rings is 1. The highest BCUT2D eigenvalue weighted by Crippen LogP contribution is 2.08. The molecule has 0 saturated carbocycles. The minimum atomic E-state index is 1.26. The molecule has 0 nitrogen and oxygen atoms in total. The van der Waals surface area contributed by atoms with Crippen LogP contribution in [0.2, 0.25) is 0 Å². The summed E-state index contributed by atoms with van der Waals surface area (Å²) in [6.45, 7) is 0. The van der Waals surface area contributed by atoms with E-state index < -0.39 is 0 Å². The molecule has 0 aliphatic carbocycles. The normalized spacial score (nSPS) is 9.89. The van der Waals surface area contributed by atoms with Gasteiger partial charge in [-0.05, 0) is 39.7 Å². The van der Waals surface area contributed by atoms with Gasteiger partial charge in [0.25, 0.3) is 0 Å². The highest BCUT2D eigenvalue weighted by atomic mass is 127. The molecule has 1 aromatic heterocycles. The van der Waals surface area contributed by atoms with Crippen molar-refractivity contribution >= 4 is 33.9 Å². The van der Waals surface area contributed by atoms with Gasteiger partial charge < -0.3 is 0 Å². The van der Waals surface area contributed by atoms with Crippen molar-refractivity contribution in [2.75, 3.05) is 4.43 Å². The Morgan fingerprint density at radius 2 is 2.44 bits per heavy atom. The molecule has 0 unspecified atom stereocenters. The zero-order chi connectivity index (χ0) is 6.53. The Morgan fingerprint density at radius 1 is 1.56 bits per heavy atom. The van der Waals surface area contributed by atoms with Crippen molar-refractivity contribution in [2.24, 2.45) is 0 Å². The molecule has 2 heteroatoms. The van der Waals surface area contributed by atoms with Crippen molar-refractivity contribution < 1.29 is 0 Å². The lowest BCUT2D eigenvalue weighted by Gasteiger charge is -1.89. The highest BCUT2D eigenvalue weighted by molar-refractivity contribution is 14.1. The van der Waals surface area contributed by atoms with Crippen LogP contribution in [0.15, 0.2) is 16.8 Å². The van der Waals surface area contributed by atoms with Crippen LogP contribution in [0.1, 0.15) is 12.0 Å². The number of hydrogen-bond acceptors (Lipinski definition) is 1. The summed E-state index contributed by atoms with van der Waals surface area (Å²) >= 11 is 4.20. The molecule has 0 atom stereocenters. The van der Waals surface area contributed by atoms with Crippen LogP contribution >= 0.6 is 33.9 Å². The van der Waals surface area contributed by atoms with Gasteiger partial charge >= 0.3 is 0 Å². The minimum absolute atomic E-state index is 1.26. The molecule has 1 aromatic rings. The Labute approximate surface area is 73.4 Å². The lowest BCUT2D eigenvalue weighted by molar-refractivity contribution is 0.951. The highest BCUT2D eigenvalue weighted by Gasteiger charge is 1.89. The Bertz CT molecular complexity index is 146. The second-order valence-electron chi connectivity index (χ2n) is 1.92. The first kappa shape index (κ1) is 7.54. The number of hydrogen-bond donors (Lipinski definition) is 0. The van der Waals surface area contributed by atoms with Crippen LogP contribution < -0.4 is 0 Å². The van der Waals surface area contributed by atoms with Crippen molar-refractivity contribution in [3.8, 4) is 0 Å². The van der Waals surface area contributed by atoms with Gasteiger partial charge in [-0.25, -0.2) is 0 Å².